The first kappa shape index (κ1) is 11.3. The predicted octanol–water partition coefficient (Wildman–Crippen LogP) is 4.46. The smallest absolute Gasteiger partial charge is 0.106 e. The number of nitrogens with zero attached hydrogens (tertiary/aromatic N) is 1. The molecule has 1 nitrogen and oxygen atoms in total. The number of halogens is 1. The molecular formula is C14H14BrN. The Bertz CT molecular complexity index is 480. The molecule has 1 heterocycles. The summed E-state index contributed by atoms with van der Waals surface area (Å²) in [4.78, 5) is 4.46. The van der Waals surface area contributed by atoms with Gasteiger partial charge in [-0.2, -0.15) is 0 Å². The van der Waals surface area contributed by atoms with Crippen molar-refractivity contribution in [3.63, 3.8) is 0 Å². The van der Waals surface area contributed by atoms with E-state index in [4.69, 9.17) is 0 Å². The van der Waals surface area contributed by atoms with E-state index in [-0.39, 0.29) is 0 Å². The SMILES string of the molecule is CCCc1cccc(-c2cccc(Br)n2)c1. The molecule has 0 fully saturated rings. The van der Waals surface area contributed by atoms with Crippen molar-refractivity contribution < 1.29 is 0 Å². The van der Waals surface area contributed by atoms with E-state index in [9.17, 15) is 0 Å². The number of hydrogen-bond acceptors (Lipinski definition) is 1. The van der Waals surface area contributed by atoms with E-state index in [1.165, 1.54) is 17.5 Å². The lowest BCUT2D eigenvalue weighted by molar-refractivity contribution is 0.922. The van der Waals surface area contributed by atoms with Gasteiger partial charge in [-0.05, 0) is 46.1 Å². The Morgan fingerprint density at radius 3 is 2.69 bits per heavy atom. The monoisotopic (exact) mass is 275 g/mol. The van der Waals surface area contributed by atoms with Gasteiger partial charge in [-0.15, -0.1) is 0 Å². The maximum absolute atomic E-state index is 4.46. The van der Waals surface area contributed by atoms with Crippen LogP contribution in [0.3, 0.4) is 0 Å². The maximum atomic E-state index is 4.46. The highest BCUT2D eigenvalue weighted by atomic mass is 79.9. The predicted molar refractivity (Wildman–Crippen MR) is 71.4 cm³/mol. The fraction of sp³-hybridized carbons (Fsp3) is 0.214. The van der Waals surface area contributed by atoms with Crippen molar-refractivity contribution in [3.8, 4) is 11.3 Å². The van der Waals surface area contributed by atoms with Gasteiger partial charge in [0, 0.05) is 5.56 Å². The number of pyridine rings is 1. The third-order valence-electron chi connectivity index (χ3n) is 2.48. The summed E-state index contributed by atoms with van der Waals surface area (Å²) in [5.41, 5.74) is 3.58. The fourth-order valence-electron chi connectivity index (χ4n) is 1.74. The first-order chi connectivity index (χ1) is 7.79. The molecule has 0 bridgehead atoms. The Kier molecular flexibility index (Phi) is 3.73. The van der Waals surface area contributed by atoms with Crippen LogP contribution in [0.1, 0.15) is 18.9 Å². The molecule has 0 N–H and O–H groups in total. The standard InChI is InChI=1S/C14H14BrN/c1-2-5-11-6-3-7-12(10-11)13-8-4-9-14(15)16-13/h3-4,6-10H,2,5H2,1H3. The zero-order valence-electron chi connectivity index (χ0n) is 9.28. The molecule has 0 saturated carbocycles. The van der Waals surface area contributed by atoms with Gasteiger partial charge in [0.2, 0.25) is 0 Å². The van der Waals surface area contributed by atoms with E-state index in [1.807, 2.05) is 18.2 Å². The van der Waals surface area contributed by atoms with Gasteiger partial charge in [-0.3, -0.25) is 0 Å². The quantitative estimate of drug-likeness (QED) is 0.754. The largest absolute Gasteiger partial charge is 0.241 e. The molecule has 16 heavy (non-hydrogen) atoms. The van der Waals surface area contributed by atoms with Crippen LogP contribution in [0.4, 0.5) is 0 Å². The van der Waals surface area contributed by atoms with Gasteiger partial charge in [0.25, 0.3) is 0 Å². The molecule has 0 amide bonds. The topological polar surface area (TPSA) is 12.9 Å². The van der Waals surface area contributed by atoms with Gasteiger partial charge in [0.15, 0.2) is 0 Å². The highest BCUT2D eigenvalue weighted by Gasteiger charge is 2.00. The zero-order valence-corrected chi connectivity index (χ0v) is 10.9. The molecule has 0 atom stereocenters. The zero-order chi connectivity index (χ0) is 11.4. The first-order valence-electron chi connectivity index (χ1n) is 5.51. The van der Waals surface area contributed by atoms with Gasteiger partial charge in [-0.1, -0.05) is 37.6 Å². The highest BCUT2D eigenvalue weighted by molar-refractivity contribution is 9.10. The Hall–Kier alpha value is -1.15. The molecule has 0 spiro atoms. The number of hydrogen-bond donors (Lipinski definition) is 0. The lowest BCUT2D eigenvalue weighted by Gasteiger charge is -2.04. The van der Waals surface area contributed by atoms with Crippen molar-refractivity contribution in [2.24, 2.45) is 0 Å². The molecule has 1 aromatic heterocycles. The Balaban J connectivity index is 2.36. The van der Waals surface area contributed by atoms with E-state index in [1.54, 1.807) is 0 Å². The average molecular weight is 276 g/mol. The summed E-state index contributed by atoms with van der Waals surface area (Å²) in [6, 6.07) is 14.6. The van der Waals surface area contributed by atoms with E-state index in [2.05, 4.69) is 52.1 Å². The normalized spacial score (nSPS) is 10.4. The number of aryl methyl sites for hydroxylation is 1. The Labute approximate surface area is 105 Å². The summed E-state index contributed by atoms with van der Waals surface area (Å²) in [6.07, 6.45) is 2.30. The van der Waals surface area contributed by atoms with Crippen LogP contribution in [0.5, 0.6) is 0 Å². The van der Waals surface area contributed by atoms with Gasteiger partial charge in [-0.25, -0.2) is 4.98 Å². The van der Waals surface area contributed by atoms with Crippen molar-refractivity contribution in [1.29, 1.82) is 0 Å². The van der Waals surface area contributed by atoms with Crippen molar-refractivity contribution in [2.75, 3.05) is 0 Å². The van der Waals surface area contributed by atoms with Crippen LogP contribution in [-0.2, 0) is 6.42 Å². The molecule has 0 aliphatic carbocycles. The molecule has 1 aromatic carbocycles. The second-order valence-electron chi connectivity index (χ2n) is 3.80. The summed E-state index contributed by atoms with van der Waals surface area (Å²) in [5, 5.41) is 0. The van der Waals surface area contributed by atoms with Crippen LogP contribution < -0.4 is 0 Å². The molecule has 0 aliphatic heterocycles. The summed E-state index contributed by atoms with van der Waals surface area (Å²) >= 11 is 3.40. The fourth-order valence-corrected chi connectivity index (χ4v) is 2.09. The minimum Gasteiger partial charge on any atom is -0.241 e. The van der Waals surface area contributed by atoms with Crippen LogP contribution in [0.2, 0.25) is 0 Å². The summed E-state index contributed by atoms with van der Waals surface area (Å²) in [7, 11) is 0. The van der Waals surface area contributed by atoms with Crippen molar-refractivity contribution in [1.82, 2.24) is 4.98 Å². The summed E-state index contributed by atoms with van der Waals surface area (Å²) in [6.45, 7) is 2.20. The first-order valence-corrected chi connectivity index (χ1v) is 6.31. The van der Waals surface area contributed by atoms with Gasteiger partial charge in [0.1, 0.15) is 4.60 Å². The van der Waals surface area contributed by atoms with Crippen LogP contribution in [0.25, 0.3) is 11.3 Å². The lowest BCUT2D eigenvalue weighted by atomic mass is 10.0. The maximum Gasteiger partial charge on any atom is 0.106 e. The van der Waals surface area contributed by atoms with E-state index < -0.39 is 0 Å². The molecule has 2 aromatic rings. The highest BCUT2D eigenvalue weighted by Crippen LogP contribution is 2.20. The lowest BCUT2D eigenvalue weighted by Crippen LogP contribution is -1.87. The minimum atomic E-state index is 0.880. The molecular weight excluding hydrogens is 262 g/mol. The third-order valence-corrected chi connectivity index (χ3v) is 2.92. The molecule has 0 unspecified atom stereocenters. The van der Waals surface area contributed by atoms with Crippen LogP contribution in [-0.4, -0.2) is 4.98 Å². The number of rotatable bonds is 3. The molecule has 2 rings (SSSR count). The molecule has 0 radical (unpaired) electrons. The van der Waals surface area contributed by atoms with Crippen LogP contribution >= 0.6 is 15.9 Å². The number of benzene rings is 1. The number of aromatic nitrogens is 1. The van der Waals surface area contributed by atoms with Gasteiger partial charge >= 0.3 is 0 Å². The average Bonchev–Trinajstić information content (AvgIpc) is 2.30. The minimum absolute atomic E-state index is 0.880. The van der Waals surface area contributed by atoms with Crippen molar-refractivity contribution in [3.05, 3.63) is 52.6 Å². The van der Waals surface area contributed by atoms with Crippen molar-refractivity contribution >= 4 is 15.9 Å². The Morgan fingerprint density at radius 1 is 1.12 bits per heavy atom. The van der Waals surface area contributed by atoms with Crippen LogP contribution in [0.15, 0.2) is 47.1 Å². The van der Waals surface area contributed by atoms with Gasteiger partial charge in [0.05, 0.1) is 5.69 Å². The second-order valence-corrected chi connectivity index (χ2v) is 4.61. The van der Waals surface area contributed by atoms with E-state index in [0.29, 0.717) is 0 Å². The second kappa shape index (κ2) is 5.26. The van der Waals surface area contributed by atoms with Crippen LogP contribution in [0, 0.1) is 0 Å². The molecule has 0 aliphatic rings. The van der Waals surface area contributed by atoms with E-state index in [0.717, 1.165) is 16.7 Å². The third kappa shape index (κ3) is 2.70. The Morgan fingerprint density at radius 2 is 1.94 bits per heavy atom. The summed E-state index contributed by atoms with van der Waals surface area (Å²) < 4.78 is 0.880. The summed E-state index contributed by atoms with van der Waals surface area (Å²) in [5.74, 6) is 0. The molecule has 82 valence electrons. The molecule has 0 saturated heterocycles. The van der Waals surface area contributed by atoms with Gasteiger partial charge < -0.3 is 0 Å². The molecule has 2 heteroatoms. The van der Waals surface area contributed by atoms with E-state index >= 15 is 0 Å². The van der Waals surface area contributed by atoms with Crippen molar-refractivity contribution in [2.45, 2.75) is 19.8 Å².